The van der Waals surface area contributed by atoms with Crippen LogP contribution in [-0.4, -0.2) is 22.9 Å². The van der Waals surface area contributed by atoms with E-state index in [1.807, 2.05) is 24.3 Å². The fraction of sp³-hybridized carbons (Fsp3) is 0.160. The van der Waals surface area contributed by atoms with Crippen molar-refractivity contribution in [2.75, 3.05) is 4.90 Å². The number of carboxylic acid groups (broad SMARTS) is 1. The van der Waals surface area contributed by atoms with Crippen LogP contribution in [0.5, 0.6) is 0 Å². The van der Waals surface area contributed by atoms with Crippen molar-refractivity contribution >= 4 is 35.1 Å². The Kier molecular flexibility index (Phi) is 3.58. The Morgan fingerprint density at radius 3 is 1.94 bits per heavy atom. The molecule has 1 N–H and O–H groups in total. The highest BCUT2D eigenvalue weighted by Gasteiger charge is 2.71. The van der Waals surface area contributed by atoms with Gasteiger partial charge >= 0.3 is 5.97 Å². The number of halogens is 1. The van der Waals surface area contributed by atoms with Crippen molar-refractivity contribution in [3.63, 3.8) is 0 Å². The highest BCUT2D eigenvalue weighted by atomic mass is 35.5. The fourth-order valence-electron chi connectivity index (χ4n) is 5.98. The molecule has 1 fully saturated rings. The summed E-state index contributed by atoms with van der Waals surface area (Å²) < 4.78 is 0. The maximum absolute atomic E-state index is 13.8. The molecule has 1 saturated heterocycles. The van der Waals surface area contributed by atoms with Gasteiger partial charge in [-0.1, -0.05) is 60.1 Å². The molecule has 7 rings (SSSR count). The van der Waals surface area contributed by atoms with Gasteiger partial charge in [-0.3, -0.25) is 14.4 Å². The summed E-state index contributed by atoms with van der Waals surface area (Å²) in [4.78, 5) is 41.6. The third-order valence-corrected chi connectivity index (χ3v) is 7.29. The third kappa shape index (κ3) is 2.04. The molecule has 2 bridgehead atoms. The summed E-state index contributed by atoms with van der Waals surface area (Å²) in [7, 11) is 0. The molecule has 1 aliphatic heterocycles. The zero-order valence-electron chi connectivity index (χ0n) is 16.2. The standard InChI is InChI=1S/C25H16ClNO4/c26-13-9-11-14(12-10-13)27-22(28)20-19-15-5-1-3-7-17(15)25(24(30)31,21(20)23(27)29)18-8-4-2-6-16(18)19/h1-12,19-21H,(H,30,31)/t19?,20-,21+,25?/m1/s1. The largest absolute Gasteiger partial charge is 0.480 e. The number of carbonyl (C=O) groups excluding carboxylic acids is 2. The summed E-state index contributed by atoms with van der Waals surface area (Å²) >= 11 is 5.99. The van der Waals surface area contributed by atoms with Gasteiger partial charge in [0.2, 0.25) is 11.8 Å². The van der Waals surface area contributed by atoms with E-state index in [1.54, 1.807) is 48.5 Å². The molecule has 3 aromatic carbocycles. The van der Waals surface area contributed by atoms with Crippen molar-refractivity contribution in [2.45, 2.75) is 11.3 Å². The lowest BCUT2D eigenvalue weighted by molar-refractivity contribution is -0.149. The molecule has 1 heterocycles. The van der Waals surface area contributed by atoms with Crippen LogP contribution in [0.4, 0.5) is 5.69 Å². The Morgan fingerprint density at radius 1 is 0.839 bits per heavy atom. The first-order valence-corrected chi connectivity index (χ1v) is 10.4. The Bertz CT molecular complexity index is 1250. The number of benzene rings is 3. The molecule has 2 atom stereocenters. The number of hydrogen-bond donors (Lipinski definition) is 1. The average molecular weight is 430 g/mol. The van der Waals surface area contributed by atoms with Gasteiger partial charge in [0.05, 0.1) is 17.5 Å². The van der Waals surface area contributed by atoms with Crippen LogP contribution in [-0.2, 0) is 19.8 Å². The molecule has 0 spiro atoms. The topological polar surface area (TPSA) is 74.7 Å². The van der Waals surface area contributed by atoms with Gasteiger partial charge in [0.15, 0.2) is 0 Å². The van der Waals surface area contributed by atoms with Gasteiger partial charge in [0.1, 0.15) is 5.41 Å². The molecule has 4 aliphatic rings. The maximum Gasteiger partial charge on any atom is 0.319 e. The van der Waals surface area contributed by atoms with E-state index in [0.29, 0.717) is 21.8 Å². The van der Waals surface area contributed by atoms with Crippen molar-refractivity contribution < 1.29 is 19.5 Å². The minimum Gasteiger partial charge on any atom is -0.480 e. The lowest BCUT2D eigenvalue weighted by atomic mass is 9.47. The maximum atomic E-state index is 13.8. The predicted molar refractivity (Wildman–Crippen MR) is 114 cm³/mol. The number of carbonyl (C=O) groups is 3. The first-order valence-electron chi connectivity index (χ1n) is 10.0. The first kappa shape index (κ1) is 18.3. The number of imide groups is 1. The minimum atomic E-state index is -1.61. The monoisotopic (exact) mass is 429 g/mol. The molecular formula is C25H16ClNO4. The molecule has 0 aromatic heterocycles. The molecule has 6 heteroatoms. The molecule has 2 amide bonds. The molecule has 3 aromatic rings. The second-order valence-corrected chi connectivity index (χ2v) is 8.69. The molecule has 0 radical (unpaired) electrons. The van der Waals surface area contributed by atoms with E-state index in [1.165, 1.54) is 0 Å². The third-order valence-electron chi connectivity index (χ3n) is 7.04. The smallest absolute Gasteiger partial charge is 0.319 e. The first-order chi connectivity index (χ1) is 15.0. The van der Waals surface area contributed by atoms with Crippen molar-refractivity contribution in [1.82, 2.24) is 0 Å². The number of anilines is 1. The molecule has 5 nitrogen and oxygen atoms in total. The van der Waals surface area contributed by atoms with Gasteiger partial charge in [-0.05, 0) is 46.5 Å². The van der Waals surface area contributed by atoms with Gasteiger partial charge in [-0.2, -0.15) is 0 Å². The molecule has 152 valence electrons. The number of carboxylic acids is 1. The summed E-state index contributed by atoms with van der Waals surface area (Å²) in [6.45, 7) is 0. The van der Waals surface area contributed by atoms with Crippen molar-refractivity contribution in [2.24, 2.45) is 11.8 Å². The van der Waals surface area contributed by atoms with Crippen LogP contribution in [0.15, 0.2) is 72.8 Å². The second-order valence-electron chi connectivity index (χ2n) is 8.26. The molecule has 3 aliphatic carbocycles. The van der Waals surface area contributed by atoms with Crippen molar-refractivity contribution in [3.8, 4) is 0 Å². The summed E-state index contributed by atoms with van der Waals surface area (Å²) in [5, 5.41) is 11.1. The highest BCUT2D eigenvalue weighted by Crippen LogP contribution is 2.64. The zero-order valence-corrected chi connectivity index (χ0v) is 16.9. The Morgan fingerprint density at radius 2 is 1.39 bits per heavy atom. The van der Waals surface area contributed by atoms with Crippen LogP contribution in [0.1, 0.15) is 28.2 Å². The lowest BCUT2D eigenvalue weighted by Gasteiger charge is -2.51. The average Bonchev–Trinajstić information content (AvgIpc) is 3.05. The van der Waals surface area contributed by atoms with Gasteiger partial charge in [0, 0.05) is 10.9 Å². The van der Waals surface area contributed by atoms with Crippen molar-refractivity contribution in [3.05, 3.63) is 100 Å². The van der Waals surface area contributed by atoms with Crippen LogP contribution < -0.4 is 4.90 Å². The molecule has 31 heavy (non-hydrogen) atoms. The Balaban J connectivity index is 1.67. The number of amides is 2. The molecule has 0 saturated carbocycles. The molecular weight excluding hydrogens is 414 g/mol. The van der Waals surface area contributed by atoms with Gasteiger partial charge < -0.3 is 5.11 Å². The number of rotatable bonds is 2. The quantitative estimate of drug-likeness (QED) is 0.625. The van der Waals surface area contributed by atoms with E-state index in [2.05, 4.69) is 0 Å². The normalized spacial score (nSPS) is 27.6. The SMILES string of the molecule is O=C1[C@@H]2C3c4ccccc4C(C(=O)O)(c4ccccc43)[C@@H]2C(=O)N1c1ccc(Cl)cc1. The van der Waals surface area contributed by atoms with Crippen LogP contribution in [0.25, 0.3) is 0 Å². The second kappa shape index (κ2) is 6.05. The number of hydrogen-bond acceptors (Lipinski definition) is 3. The van der Waals surface area contributed by atoms with E-state index < -0.39 is 29.1 Å². The van der Waals surface area contributed by atoms with E-state index in [-0.39, 0.29) is 11.8 Å². The van der Waals surface area contributed by atoms with Crippen molar-refractivity contribution in [1.29, 1.82) is 0 Å². The number of nitrogens with zero attached hydrogens (tertiary/aromatic N) is 1. The Labute approximate surface area is 182 Å². The summed E-state index contributed by atoms with van der Waals surface area (Å²) in [5.41, 5.74) is 1.62. The van der Waals surface area contributed by atoms with Crippen LogP contribution in [0, 0.1) is 11.8 Å². The van der Waals surface area contributed by atoms with E-state index in [9.17, 15) is 19.5 Å². The summed E-state index contributed by atoms with van der Waals surface area (Å²) in [5.74, 6) is -4.11. The Hall–Kier alpha value is -3.44. The van der Waals surface area contributed by atoms with Crippen LogP contribution >= 0.6 is 11.6 Å². The minimum absolute atomic E-state index is 0.364. The predicted octanol–water partition coefficient (Wildman–Crippen LogP) is 3.98. The highest BCUT2D eigenvalue weighted by molar-refractivity contribution is 6.31. The fourth-order valence-corrected chi connectivity index (χ4v) is 6.11. The zero-order chi connectivity index (χ0) is 21.5. The summed E-state index contributed by atoms with van der Waals surface area (Å²) in [6, 6.07) is 21.1. The van der Waals surface area contributed by atoms with Gasteiger partial charge in [0.25, 0.3) is 0 Å². The van der Waals surface area contributed by atoms with E-state index >= 15 is 0 Å². The van der Waals surface area contributed by atoms with Gasteiger partial charge in [-0.15, -0.1) is 0 Å². The lowest BCUT2D eigenvalue weighted by Crippen LogP contribution is -2.57. The molecule has 0 unspecified atom stereocenters. The van der Waals surface area contributed by atoms with E-state index in [0.717, 1.165) is 16.0 Å². The summed E-state index contributed by atoms with van der Waals surface area (Å²) in [6.07, 6.45) is 0. The van der Waals surface area contributed by atoms with E-state index in [4.69, 9.17) is 11.6 Å². The van der Waals surface area contributed by atoms with Crippen LogP contribution in [0.3, 0.4) is 0 Å². The van der Waals surface area contributed by atoms with Crippen LogP contribution in [0.2, 0.25) is 5.02 Å². The number of aliphatic carboxylic acids is 1. The van der Waals surface area contributed by atoms with Gasteiger partial charge in [-0.25, -0.2) is 4.90 Å².